The fourth-order valence-corrected chi connectivity index (χ4v) is 3.26. The molecule has 0 amide bonds. The minimum absolute atomic E-state index is 0.208. The molecule has 0 radical (unpaired) electrons. The first kappa shape index (κ1) is 11.9. The van der Waals surface area contributed by atoms with E-state index in [-0.39, 0.29) is 5.41 Å². The number of aliphatic hydroxyl groups is 1. The zero-order valence-electron chi connectivity index (χ0n) is 11.0. The van der Waals surface area contributed by atoms with Crippen molar-refractivity contribution >= 4 is 0 Å². The van der Waals surface area contributed by atoms with Gasteiger partial charge in [-0.15, -0.1) is 0 Å². The van der Waals surface area contributed by atoms with Crippen molar-refractivity contribution < 1.29 is 5.11 Å². The maximum absolute atomic E-state index is 10.5. The lowest BCUT2D eigenvalue weighted by Crippen LogP contribution is -2.42. The van der Waals surface area contributed by atoms with Gasteiger partial charge in [-0.25, -0.2) is 0 Å². The summed E-state index contributed by atoms with van der Waals surface area (Å²) in [6.45, 7) is 8.74. The second kappa shape index (κ2) is 3.73. The lowest BCUT2D eigenvalue weighted by Gasteiger charge is -2.46. The van der Waals surface area contributed by atoms with E-state index in [1.54, 1.807) is 0 Å². The highest BCUT2D eigenvalue weighted by Crippen LogP contribution is 2.51. The van der Waals surface area contributed by atoms with E-state index in [4.69, 9.17) is 0 Å². The van der Waals surface area contributed by atoms with Crippen LogP contribution in [-0.4, -0.2) is 10.7 Å². The molecule has 1 heteroatoms. The Morgan fingerprint density at radius 3 is 2.56 bits per heavy atom. The summed E-state index contributed by atoms with van der Waals surface area (Å²) in [5.74, 6) is 0.565. The van der Waals surface area contributed by atoms with Gasteiger partial charge in [0.25, 0.3) is 0 Å². The van der Waals surface area contributed by atoms with E-state index >= 15 is 0 Å². The van der Waals surface area contributed by atoms with Crippen LogP contribution in [0.4, 0.5) is 0 Å². The average molecular weight is 220 g/mol. The van der Waals surface area contributed by atoms with Crippen LogP contribution in [0.25, 0.3) is 0 Å². The van der Waals surface area contributed by atoms with Gasteiger partial charge in [0.1, 0.15) is 0 Å². The van der Waals surface area contributed by atoms with Gasteiger partial charge in [0.15, 0.2) is 0 Å². The van der Waals surface area contributed by atoms with Crippen molar-refractivity contribution in [1.29, 1.82) is 0 Å². The molecule has 0 aromatic carbocycles. The molecule has 1 saturated carbocycles. The van der Waals surface area contributed by atoms with E-state index in [2.05, 4.69) is 32.9 Å². The summed E-state index contributed by atoms with van der Waals surface area (Å²) >= 11 is 0. The first-order chi connectivity index (χ1) is 7.35. The minimum atomic E-state index is -0.582. The lowest BCUT2D eigenvalue weighted by molar-refractivity contribution is 0.0345. The Morgan fingerprint density at radius 1 is 1.25 bits per heavy atom. The zero-order valence-corrected chi connectivity index (χ0v) is 11.0. The number of hydrogen-bond donors (Lipinski definition) is 1. The van der Waals surface area contributed by atoms with E-state index in [0.29, 0.717) is 5.92 Å². The van der Waals surface area contributed by atoms with Crippen LogP contribution in [0.2, 0.25) is 0 Å². The zero-order chi connectivity index (χ0) is 12.0. The third kappa shape index (κ3) is 1.86. The largest absolute Gasteiger partial charge is 0.386 e. The van der Waals surface area contributed by atoms with Crippen molar-refractivity contribution in [3.63, 3.8) is 0 Å². The van der Waals surface area contributed by atoms with Gasteiger partial charge in [-0.1, -0.05) is 32.9 Å². The van der Waals surface area contributed by atoms with Crippen LogP contribution in [0, 0.1) is 11.3 Å². The van der Waals surface area contributed by atoms with Gasteiger partial charge in [0.05, 0.1) is 5.60 Å². The molecule has 0 aliphatic heterocycles. The average Bonchev–Trinajstić information content (AvgIpc) is 2.15. The highest BCUT2D eigenvalue weighted by atomic mass is 16.3. The first-order valence-electron chi connectivity index (χ1n) is 6.50. The molecule has 0 bridgehead atoms. The second-order valence-electron chi connectivity index (χ2n) is 6.31. The van der Waals surface area contributed by atoms with Gasteiger partial charge in [-0.2, -0.15) is 0 Å². The molecule has 0 saturated heterocycles. The summed E-state index contributed by atoms with van der Waals surface area (Å²) in [7, 11) is 0. The predicted octanol–water partition coefficient (Wildman–Crippen LogP) is 3.84. The van der Waals surface area contributed by atoms with Gasteiger partial charge in [-0.3, -0.25) is 0 Å². The summed E-state index contributed by atoms with van der Waals surface area (Å²) in [6, 6.07) is 0. The van der Waals surface area contributed by atoms with Gasteiger partial charge in [-0.05, 0) is 55.1 Å². The number of allylic oxidation sites excluding steroid dienone is 3. The molecule has 0 aromatic heterocycles. The summed E-state index contributed by atoms with van der Waals surface area (Å²) < 4.78 is 0. The van der Waals surface area contributed by atoms with Gasteiger partial charge in [0.2, 0.25) is 0 Å². The van der Waals surface area contributed by atoms with Crippen LogP contribution >= 0.6 is 0 Å². The monoisotopic (exact) mass is 220 g/mol. The molecule has 2 atom stereocenters. The Labute approximate surface area is 99.3 Å². The van der Waals surface area contributed by atoms with Crippen LogP contribution in [0.1, 0.15) is 53.4 Å². The number of fused-ring (bicyclic) bond motifs is 1. The van der Waals surface area contributed by atoms with Gasteiger partial charge in [0, 0.05) is 0 Å². The standard InChI is InChI=1S/C15H24O/c1-11(2)12-6-9-14(3)7-5-8-15(4,16)13(14)10-12/h6,10-11,16H,5,7-9H2,1-4H3/t14-,15+/m1/s1. The fourth-order valence-electron chi connectivity index (χ4n) is 3.26. The highest BCUT2D eigenvalue weighted by molar-refractivity contribution is 5.39. The molecular formula is C15H24O. The molecule has 1 nitrogen and oxygen atoms in total. The second-order valence-corrected chi connectivity index (χ2v) is 6.31. The van der Waals surface area contributed by atoms with Gasteiger partial charge < -0.3 is 5.11 Å². The highest BCUT2D eigenvalue weighted by Gasteiger charge is 2.43. The van der Waals surface area contributed by atoms with Crippen molar-refractivity contribution in [3.05, 3.63) is 23.3 Å². The van der Waals surface area contributed by atoms with Crippen LogP contribution in [0.15, 0.2) is 23.3 Å². The maximum atomic E-state index is 10.5. The van der Waals surface area contributed by atoms with Crippen LogP contribution in [0.5, 0.6) is 0 Å². The van der Waals surface area contributed by atoms with Crippen molar-refractivity contribution in [2.75, 3.05) is 0 Å². The molecule has 2 rings (SSSR count). The third-order valence-electron chi connectivity index (χ3n) is 4.39. The van der Waals surface area contributed by atoms with E-state index in [0.717, 1.165) is 19.3 Å². The Hall–Kier alpha value is -0.560. The van der Waals surface area contributed by atoms with E-state index in [1.807, 2.05) is 6.92 Å². The van der Waals surface area contributed by atoms with Gasteiger partial charge >= 0.3 is 0 Å². The van der Waals surface area contributed by atoms with E-state index < -0.39 is 5.60 Å². The number of rotatable bonds is 1. The molecule has 0 spiro atoms. The molecule has 2 aliphatic carbocycles. The molecular weight excluding hydrogens is 196 g/mol. The smallest absolute Gasteiger partial charge is 0.0837 e. The lowest BCUT2D eigenvalue weighted by atomic mass is 9.61. The summed E-state index contributed by atoms with van der Waals surface area (Å²) in [6.07, 6.45) is 9.02. The quantitative estimate of drug-likeness (QED) is 0.712. The van der Waals surface area contributed by atoms with E-state index in [1.165, 1.54) is 17.6 Å². The Morgan fingerprint density at radius 2 is 1.94 bits per heavy atom. The summed E-state index contributed by atoms with van der Waals surface area (Å²) in [5.41, 5.74) is 2.30. The SMILES string of the molecule is CC(C)C1=CC[C@@]2(C)CCC[C@](C)(O)C2=C1. The first-order valence-corrected chi connectivity index (χ1v) is 6.50. The normalized spacial score (nSPS) is 39.1. The van der Waals surface area contributed by atoms with Crippen LogP contribution < -0.4 is 0 Å². The van der Waals surface area contributed by atoms with Crippen LogP contribution in [-0.2, 0) is 0 Å². The molecule has 16 heavy (non-hydrogen) atoms. The molecule has 0 heterocycles. The molecule has 2 aliphatic rings. The summed E-state index contributed by atoms with van der Waals surface area (Å²) in [4.78, 5) is 0. The van der Waals surface area contributed by atoms with Crippen molar-refractivity contribution in [3.8, 4) is 0 Å². The van der Waals surface area contributed by atoms with Crippen molar-refractivity contribution in [1.82, 2.24) is 0 Å². The third-order valence-corrected chi connectivity index (χ3v) is 4.39. The van der Waals surface area contributed by atoms with Crippen molar-refractivity contribution in [2.24, 2.45) is 11.3 Å². The van der Waals surface area contributed by atoms with Crippen molar-refractivity contribution in [2.45, 2.75) is 59.0 Å². The fraction of sp³-hybridized carbons (Fsp3) is 0.733. The molecule has 1 fully saturated rings. The molecule has 0 unspecified atom stereocenters. The Kier molecular flexibility index (Phi) is 2.78. The predicted molar refractivity (Wildman–Crippen MR) is 68.2 cm³/mol. The maximum Gasteiger partial charge on any atom is 0.0837 e. The summed E-state index contributed by atoms with van der Waals surface area (Å²) in [5, 5.41) is 10.5. The topological polar surface area (TPSA) is 20.2 Å². The minimum Gasteiger partial charge on any atom is -0.386 e. The molecule has 90 valence electrons. The molecule has 1 N–H and O–H groups in total. The van der Waals surface area contributed by atoms with Crippen LogP contribution in [0.3, 0.4) is 0 Å². The molecule has 0 aromatic rings. The Bertz CT molecular complexity index is 346. The Balaban J connectivity index is 2.40. The number of hydrogen-bond acceptors (Lipinski definition) is 1. The van der Waals surface area contributed by atoms with E-state index in [9.17, 15) is 5.11 Å².